The Hall–Kier alpha value is -1.20. The Kier molecular flexibility index (Phi) is 3.31. The Morgan fingerprint density at radius 3 is 2.88 bits per heavy atom. The largest absolute Gasteiger partial charge is 0.391 e. The van der Waals surface area contributed by atoms with Crippen molar-refractivity contribution < 1.29 is 5.11 Å². The molecule has 0 aliphatic carbocycles. The van der Waals surface area contributed by atoms with Gasteiger partial charge in [-0.3, -0.25) is 9.36 Å². The minimum Gasteiger partial charge on any atom is -0.391 e. The van der Waals surface area contributed by atoms with Gasteiger partial charge in [0.25, 0.3) is 5.56 Å². The summed E-state index contributed by atoms with van der Waals surface area (Å²) in [6, 6.07) is 0. The third kappa shape index (κ3) is 2.12. The number of aliphatic hydroxyl groups is 1. The summed E-state index contributed by atoms with van der Waals surface area (Å²) >= 11 is 1.54. The zero-order valence-electron chi connectivity index (χ0n) is 10.2. The molecule has 1 unspecified atom stereocenters. The topological polar surface area (TPSA) is 55.1 Å². The molecule has 0 radical (unpaired) electrons. The Labute approximate surface area is 104 Å². The molecule has 0 fully saturated rings. The predicted molar refractivity (Wildman–Crippen MR) is 69.7 cm³/mol. The van der Waals surface area contributed by atoms with Crippen molar-refractivity contribution in [2.45, 2.75) is 39.8 Å². The van der Waals surface area contributed by atoms with Gasteiger partial charge < -0.3 is 5.11 Å². The van der Waals surface area contributed by atoms with E-state index in [1.165, 1.54) is 22.2 Å². The highest BCUT2D eigenvalue weighted by Crippen LogP contribution is 2.25. The summed E-state index contributed by atoms with van der Waals surface area (Å²) in [4.78, 5) is 18.4. The van der Waals surface area contributed by atoms with Crippen molar-refractivity contribution >= 4 is 21.6 Å². The molecule has 0 aromatic carbocycles. The van der Waals surface area contributed by atoms with Gasteiger partial charge in [-0.25, -0.2) is 4.98 Å². The molecule has 0 aliphatic heterocycles. The van der Waals surface area contributed by atoms with E-state index in [9.17, 15) is 9.90 Å². The summed E-state index contributed by atoms with van der Waals surface area (Å²) < 4.78 is 1.50. The average Bonchev–Trinajstić information content (AvgIpc) is 2.59. The molecule has 17 heavy (non-hydrogen) atoms. The molecule has 0 aliphatic rings. The van der Waals surface area contributed by atoms with Gasteiger partial charge in [-0.05, 0) is 25.8 Å². The fourth-order valence-corrected chi connectivity index (χ4v) is 2.74. The van der Waals surface area contributed by atoms with Crippen molar-refractivity contribution in [2.75, 3.05) is 0 Å². The van der Waals surface area contributed by atoms with Crippen LogP contribution in [-0.2, 0) is 6.54 Å². The van der Waals surface area contributed by atoms with Gasteiger partial charge in [-0.1, -0.05) is 6.92 Å². The molecule has 2 aromatic heterocycles. The molecule has 2 rings (SSSR count). The molecule has 1 atom stereocenters. The smallest absolute Gasteiger partial charge is 0.262 e. The first kappa shape index (κ1) is 12.3. The first-order valence-electron chi connectivity index (χ1n) is 5.67. The molecular formula is C12H16N2O2S. The lowest BCUT2D eigenvalue weighted by atomic mass is 10.2. The van der Waals surface area contributed by atoms with E-state index in [0.717, 1.165) is 15.3 Å². The van der Waals surface area contributed by atoms with Gasteiger partial charge in [0.2, 0.25) is 0 Å². The fourth-order valence-electron chi connectivity index (χ4n) is 1.76. The van der Waals surface area contributed by atoms with E-state index >= 15 is 0 Å². The van der Waals surface area contributed by atoms with E-state index < -0.39 is 6.10 Å². The van der Waals surface area contributed by atoms with Gasteiger partial charge in [0, 0.05) is 4.88 Å². The number of aliphatic hydroxyl groups excluding tert-OH is 1. The predicted octanol–water partition coefficient (Wildman–Crippen LogP) is 1.85. The monoisotopic (exact) mass is 252 g/mol. The average molecular weight is 252 g/mol. The second-order valence-electron chi connectivity index (χ2n) is 4.23. The zero-order chi connectivity index (χ0) is 12.6. The summed E-state index contributed by atoms with van der Waals surface area (Å²) in [5.41, 5.74) is 0.951. The molecule has 4 nitrogen and oxygen atoms in total. The molecular weight excluding hydrogens is 236 g/mol. The number of fused-ring (bicyclic) bond motifs is 1. The van der Waals surface area contributed by atoms with Gasteiger partial charge in [-0.2, -0.15) is 0 Å². The van der Waals surface area contributed by atoms with E-state index in [0.29, 0.717) is 18.4 Å². The summed E-state index contributed by atoms with van der Waals surface area (Å²) in [7, 11) is 0. The lowest BCUT2D eigenvalue weighted by Gasteiger charge is -2.09. The second-order valence-corrected chi connectivity index (χ2v) is 5.43. The van der Waals surface area contributed by atoms with Gasteiger partial charge >= 0.3 is 0 Å². The van der Waals surface area contributed by atoms with Crippen molar-refractivity contribution in [1.29, 1.82) is 0 Å². The standard InChI is InChI=1S/C12H16N2O2S/c1-4-9(15)5-14-6-13-11-10(12(14)16)7(2)8(3)17-11/h6,9,15H,4-5H2,1-3H3. The highest BCUT2D eigenvalue weighted by Gasteiger charge is 2.13. The first-order valence-corrected chi connectivity index (χ1v) is 6.49. The van der Waals surface area contributed by atoms with Crippen LogP contribution in [-0.4, -0.2) is 20.8 Å². The van der Waals surface area contributed by atoms with Crippen LogP contribution in [0.1, 0.15) is 23.8 Å². The van der Waals surface area contributed by atoms with Crippen LogP contribution >= 0.6 is 11.3 Å². The molecule has 0 spiro atoms. The first-order chi connectivity index (χ1) is 8.04. The number of rotatable bonds is 3. The summed E-state index contributed by atoms with van der Waals surface area (Å²) in [6.07, 6.45) is 1.66. The van der Waals surface area contributed by atoms with Crippen molar-refractivity contribution in [3.8, 4) is 0 Å². The number of thiophene rings is 1. The summed E-state index contributed by atoms with van der Waals surface area (Å²) in [5, 5.41) is 10.3. The molecule has 1 N–H and O–H groups in total. The molecule has 0 saturated heterocycles. The molecule has 0 amide bonds. The summed E-state index contributed by atoms with van der Waals surface area (Å²) in [6.45, 7) is 6.14. The highest BCUT2D eigenvalue weighted by atomic mass is 32.1. The van der Waals surface area contributed by atoms with Gasteiger partial charge in [0.05, 0.1) is 24.4 Å². The number of aryl methyl sites for hydroxylation is 2. The van der Waals surface area contributed by atoms with E-state index in [4.69, 9.17) is 0 Å². The zero-order valence-corrected chi connectivity index (χ0v) is 11.0. The molecule has 0 saturated carbocycles. The van der Waals surface area contributed by atoms with E-state index in [1.807, 2.05) is 20.8 Å². The van der Waals surface area contributed by atoms with Gasteiger partial charge in [-0.15, -0.1) is 11.3 Å². The lowest BCUT2D eigenvalue weighted by Crippen LogP contribution is -2.26. The van der Waals surface area contributed by atoms with E-state index in [1.54, 1.807) is 0 Å². The number of hydrogen-bond donors (Lipinski definition) is 1. The maximum Gasteiger partial charge on any atom is 0.262 e. The number of nitrogens with zero attached hydrogens (tertiary/aromatic N) is 2. The molecule has 0 bridgehead atoms. The molecule has 5 heteroatoms. The highest BCUT2D eigenvalue weighted by molar-refractivity contribution is 7.18. The van der Waals surface area contributed by atoms with E-state index in [2.05, 4.69) is 4.98 Å². The minimum absolute atomic E-state index is 0.0515. The fraction of sp³-hybridized carbons (Fsp3) is 0.500. The SMILES string of the molecule is CCC(O)Cn1cnc2sc(C)c(C)c2c1=O. The minimum atomic E-state index is -0.494. The van der Waals surface area contributed by atoms with Crippen LogP contribution in [0.25, 0.3) is 10.2 Å². The van der Waals surface area contributed by atoms with E-state index in [-0.39, 0.29) is 5.56 Å². The molecule has 2 aromatic rings. The quantitative estimate of drug-likeness (QED) is 0.907. The van der Waals surface area contributed by atoms with Crippen molar-refractivity contribution in [3.63, 3.8) is 0 Å². The van der Waals surface area contributed by atoms with Gasteiger partial charge in [0.15, 0.2) is 0 Å². The Morgan fingerprint density at radius 2 is 2.24 bits per heavy atom. The number of aromatic nitrogens is 2. The van der Waals surface area contributed by atoms with Crippen molar-refractivity contribution in [1.82, 2.24) is 9.55 Å². The summed E-state index contributed by atoms with van der Waals surface area (Å²) in [5.74, 6) is 0. The van der Waals surface area contributed by atoms with Crippen LogP contribution in [0.5, 0.6) is 0 Å². The van der Waals surface area contributed by atoms with Crippen LogP contribution < -0.4 is 5.56 Å². The van der Waals surface area contributed by atoms with Crippen LogP contribution in [0.3, 0.4) is 0 Å². The maximum atomic E-state index is 12.2. The van der Waals surface area contributed by atoms with Crippen molar-refractivity contribution in [2.24, 2.45) is 0 Å². The Balaban J connectivity index is 2.57. The van der Waals surface area contributed by atoms with Crippen LogP contribution in [0, 0.1) is 13.8 Å². The normalized spacial score (nSPS) is 13.2. The maximum absolute atomic E-state index is 12.2. The third-order valence-corrected chi connectivity index (χ3v) is 4.15. The number of hydrogen-bond acceptors (Lipinski definition) is 4. The Bertz CT molecular complexity index is 600. The third-order valence-electron chi connectivity index (χ3n) is 3.03. The van der Waals surface area contributed by atoms with Crippen LogP contribution in [0.2, 0.25) is 0 Å². The van der Waals surface area contributed by atoms with Crippen LogP contribution in [0.15, 0.2) is 11.1 Å². The Morgan fingerprint density at radius 1 is 1.53 bits per heavy atom. The van der Waals surface area contributed by atoms with Crippen molar-refractivity contribution in [3.05, 3.63) is 27.1 Å². The molecule has 2 heterocycles. The second kappa shape index (κ2) is 4.58. The molecule has 92 valence electrons. The van der Waals surface area contributed by atoms with Gasteiger partial charge in [0.1, 0.15) is 4.83 Å². The van der Waals surface area contributed by atoms with Crippen LogP contribution in [0.4, 0.5) is 0 Å². The lowest BCUT2D eigenvalue weighted by molar-refractivity contribution is 0.148.